The standard InChI is InChI=1S/C13H20N6O2/c1-8(2)12-16-6-9(18-14)11(17-12)13(21)19-5-3-4-15-10(20)7-19/h6,8,18H,3-5,7,14H2,1-2H3,(H,15,20). The van der Waals surface area contributed by atoms with Crippen molar-refractivity contribution in [3.05, 3.63) is 17.7 Å². The first-order chi connectivity index (χ1) is 10.0. The number of carbonyl (C=O) groups excluding carboxylic acids is 2. The van der Waals surface area contributed by atoms with Crippen molar-refractivity contribution >= 4 is 17.5 Å². The number of hydrogen-bond acceptors (Lipinski definition) is 6. The Morgan fingerprint density at radius 2 is 2.29 bits per heavy atom. The predicted octanol–water partition coefficient (Wildman–Crippen LogP) is -0.152. The molecule has 1 fully saturated rings. The summed E-state index contributed by atoms with van der Waals surface area (Å²) in [6, 6.07) is 0. The summed E-state index contributed by atoms with van der Waals surface area (Å²) < 4.78 is 0. The summed E-state index contributed by atoms with van der Waals surface area (Å²) >= 11 is 0. The van der Waals surface area contributed by atoms with Gasteiger partial charge in [0, 0.05) is 19.0 Å². The number of nitrogens with zero attached hydrogens (tertiary/aromatic N) is 3. The second kappa shape index (κ2) is 6.49. The summed E-state index contributed by atoms with van der Waals surface area (Å²) in [5.41, 5.74) is 2.99. The van der Waals surface area contributed by atoms with Crippen LogP contribution in [0.4, 0.5) is 5.69 Å². The number of rotatable bonds is 3. The fourth-order valence-corrected chi connectivity index (χ4v) is 2.07. The highest BCUT2D eigenvalue weighted by molar-refractivity contribution is 5.99. The van der Waals surface area contributed by atoms with Crippen molar-refractivity contribution in [3.8, 4) is 0 Å². The first-order valence-corrected chi connectivity index (χ1v) is 6.92. The summed E-state index contributed by atoms with van der Waals surface area (Å²) in [4.78, 5) is 34.1. The Hall–Kier alpha value is -2.22. The highest BCUT2D eigenvalue weighted by Crippen LogP contribution is 2.17. The van der Waals surface area contributed by atoms with Gasteiger partial charge in [-0.25, -0.2) is 9.97 Å². The summed E-state index contributed by atoms with van der Waals surface area (Å²) in [5, 5.41) is 2.73. The number of nitrogens with one attached hydrogen (secondary N) is 2. The highest BCUT2D eigenvalue weighted by Gasteiger charge is 2.25. The number of aromatic nitrogens is 2. The van der Waals surface area contributed by atoms with Crippen LogP contribution in [0, 0.1) is 0 Å². The molecule has 0 saturated carbocycles. The van der Waals surface area contributed by atoms with Gasteiger partial charge < -0.3 is 15.6 Å². The van der Waals surface area contributed by atoms with Crippen LogP contribution in [0.2, 0.25) is 0 Å². The molecule has 2 rings (SSSR count). The van der Waals surface area contributed by atoms with Gasteiger partial charge in [-0.1, -0.05) is 13.8 Å². The number of hydrazine groups is 1. The van der Waals surface area contributed by atoms with Crippen molar-refractivity contribution in [1.82, 2.24) is 20.2 Å². The Labute approximate surface area is 123 Å². The number of nitrogens with two attached hydrogens (primary N) is 1. The van der Waals surface area contributed by atoms with Crippen molar-refractivity contribution in [2.45, 2.75) is 26.2 Å². The highest BCUT2D eigenvalue weighted by atomic mass is 16.2. The average Bonchev–Trinajstić information content (AvgIpc) is 2.70. The number of carbonyl (C=O) groups is 2. The number of amides is 2. The van der Waals surface area contributed by atoms with Crippen LogP contribution in [0.25, 0.3) is 0 Å². The first-order valence-electron chi connectivity index (χ1n) is 6.92. The fraction of sp³-hybridized carbons (Fsp3) is 0.538. The van der Waals surface area contributed by atoms with Gasteiger partial charge in [-0.3, -0.25) is 15.4 Å². The van der Waals surface area contributed by atoms with Gasteiger partial charge >= 0.3 is 0 Å². The Bertz CT molecular complexity index is 545. The molecule has 1 aromatic heterocycles. The van der Waals surface area contributed by atoms with E-state index in [1.165, 1.54) is 11.1 Å². The van der Waals surface area contributed by atoms with E-state index < -0.39 is 0 Å². The quantitative estimate of drug-likeness (QED) is 0.527. The zero-order chi connectivity index (χ0) is 15.4. The molecule has 0 atom stereocenters. The molecule has 1 saturated heterocycles. The Morgan fingerprint density at radius 1 is 1.52 bits per heavy atom. The minimum absolute atomic E-state index is 0.0316. The van der Waals surface area contributed by atoms with Crippen molar-refractivity contribution < 1.29 is 9.59 Å². The van der Waals surface area contributed by atoms with Gasteiger partial charge in [0.05, 0.1) is 18.4 Å². The molecule has 0 unspecified atom stereocenters. The number of hydrogen-bond donors (Lipinski definition) is 3. The minimum atomic E-state index is -0.315. The monoisotopic (exact) mass is 292 g/mol. The van der Waals surface area contributed by atoms with Crippen LogP contribution >= 0.6 is 0 Å². The van der Waals surface area contributed by atoms with Crippen LogP contribution in [-0.4, -0.2) is 46.3 Å². The smallest absolute Gasteiger partial charge is 0.275 e. The van der Waals surface area contributed by atoms with E-state index in [1.807, 2.05) is 13.8 Å². The lowest BCUT2D eigenvalue weighted by atomic mass is 10.2. The van der Waals surface area contributed by atoms with Crippen molar-refractivity contribution in [2.75, 3.05) is 25.1 Å². The lowest BCUT2D eigenvalue weighted by Crippen LogP contribution is -2.38. The van der Waals surface area contributed by atoms with E-state index in [2.05, 4.69) is 20.7 Å². The first kappa shape index (κ1) is 15.2. The molecular weight excluding hydrogens is 272 g/mol. The lowest BCUT2D eigenvalue weighted by molar-refractivity contribution is -0.121. The molecule has 1 aliphatic heterocycles. The number of anilines is 1. The van der Waals surface area contributed by atoms with E-state index in [9.17, 15) is 9.59 Å². The number of nitrogen functional groups attached to an aromatic ring is 1. The molecule has 0 aliphatic carbocycles. The maximum atomic E-state index is 12.6. The van der Waals surface area contributed by atoms with Crippen LogP contribution in [0.5, 0.6) is 0 Å². The molecule has 1 aromatic rings. The molecule has 0 spiro atoms. The molecule has 114 valence electrons. The van der Waals surface area contributed by atoms with Gasteiger partial charge in [0.25, 0.3) is 5.91 Å². The largest absolute Gasteiger partial charge is 0.354 e. The molecule has 1 aliphatic rings. The van der Waals surface area contributed by atoms with Gasteiger partial charge in [-0.15, -0.1) is 0 Å². The lowest BCUT2D eigenvalue weighted by Gasteiger charge is -2.20. The SMILES string of the molecule is CC(C)c1ncc(NN)c(C(=O)N2CCCNC(=O)C2)n1. The van der Waals surface area contributed by atoms with Gasteiger partial charge in [0.2, 0.25) is 5.91 Å². The van der Waals surface area contributed by atoms with Gasteiger partial charge in [-0.05, 0) is 6.42 Å². The zero-order valence-electron chi connectivity index (χ0n) is 12.2. The Kier molecular flexibility index (Phi) is 4.69. The van der Waals surface area contributed by atoms with E-state index in [4.69, 9.17) is 5.84 Å². The topological polar surface area (TPSA) is 113 Å². The molecule has 8 nitrogen and oxygen atoms in total. The molecule has 21 heavy (non-hydrogen) atoms. The second-order valence-corrected chi connectivity index (χ2v) is 5.22. The summed E-state index contributed by atoms with van der Waals surface area (Å²) in [6.07, 6.45) is 2.21. The van der Waals surface area contributed by atoms with E-state index >= 15 is 0 Å². The summed E-state index contributed by atoms with van der Waals surface area (Å²) in [5.74, 6) is 5.60. The molecule has 2 amide bonds. The maximum absolute atomic E-state index is 12.6. The van der Waals surface area contributed by atoms with Crippen LogP contribution in [0.3, 0.4) is 0 Å². The van der Waals surface area contributed by atoms with Gasteiger partial charge in [0.15, 0.2) is 5.69 Å². The molecule has 2 heterocycles. The van der Waals surface area contributed by atoms with Crippen LogP contribution in [0.1, 0.15) is 42.5 Å². The minimum Gasteiger partial charge on any atom is -0.354 e. The third-order valence-corrected chi connectivity index (χ3v) is 3.23. The third kappa shape index (κ3) is 3.46. The second-order valence-electron chi connectivity index (χ2n) is 5.22. The van der Waals surface area contributed by atoms with Crippen LogP contribution in [-0.2, 0) is 4.79 Å². The predicted molar refractivity (Wildman–Crippen MR) is 77.5 cm³/mol. The van der Waals surface area contributed by atoms with Crippen molar-refractivity contribution in [3.63, 3.8) is 0 Å². The average molecular weight is 292 g/mol. The van der Waals surface area contributed by atoms with Crippen molar-refractivity contribution in [1.29, 1.82) is 0 Å². The molecule has 0 bridgehead atoms. The normalized spacial score (nSPS) is 15.6. The molecular formula is C13H20N6O2. The third-order valence-electron chi connectivity index (χ3n) is 3.23. The Balaban J connectivity index is 2.32. The van der Waals surface area contributed by atoms with E-state index in [-0.39, 0.29) is 30.0 Å². The van der Waals surface area contributed by atoms with E-state index in [1.54, 1.807) is 0 Å². The summed E-state index contributed by atoms with van der Waals surface area (Å²) in [6.45, 7) is 5.00. The van der Waals surface area contributed by atoms with Gasteiger partial charge in [-0.2, -0.15) is 0 Å². The van der Waals surface area contributed by atoms with Crippen LogP contribution in [0.15, 0.2) is 6.20 Å². The maximum Gasteiger partial charge on any atom is 0.275 e. The molecule has 4 N–H and O–H groups in total. The summed E-state index contributed by atoms with van der Waals surface area (Å²) in [7, 11) is 0. The van der Waals surface area contributed by atoms with E-state index in [0.29, 0.717) is 31.0 Å². The van der Waals surface area contributed by atoms with Crippen molar-refractivity contribution in [2.24, 2.45) is 5.84 Å². The fourth-order valence-electron chi connectivity index (χ4n) is 2.07. The Morgan fingerprint density at radius 3 is 2.95 bits per heavy atom. The molecule has 0 radical (unpaired) electrons. The molecule has 0 aromatic carbocycles. The zero-order valence-corrected chi connectivity index (χ0v) is 12.2. The van der Waals surface area contributed by atoms with Crippen LogP contribution < -0.4 is 16.6 Å². The van der Waals surface area contributed by atoms with E-state index in [0.717, 1.165) is 0 Å². The molecule has 8 heteroatoms. The van der Waals surface area contributed by atoms with Gasteiger partial charge in [0.1, 0.15) is 5.82 Å².